The van der Waals surface area contributed by atoms with Crippen LogP contribution in [0.25, 0.3) is 0 Å². The Morgan fingerprint density at radius 2 is 1.84 bits per heavy atom. The number of piperidine rings is 1. The monoisotopic (exact) mass is 462 g/mol. The van der Waals surface area contributed by atoms with Gasteiger partial charge in [0.1, 0.15) is 6.54 Å². The molecule has 2 saturated heterocycles. The average Bonchev–Trinajstić information content (AvgIpc) is 3.13. The van der Waals surface area contributed by atoms with Gasteiger partial charge < -0.3 is 19.8 Å². The minimum Gasteiger partial charge on any atom is -0.475 e. The fourth-order valence-corrected chi connectivity index (χ4v) is 3.60. The van der Waals surface area contributed by atoms with Gasteiger partial charge in [0.25, 0.3) is 5.91 Å². The van der Waals surface area contributed by atoms with E-state index in [2.05, 4.69) is 4.98 Å². The molecule has 0 unspecified atom stereocenters. The third-order valence-electron chi connectivity index (χ3n) is 5.17. The lowest BCUT2D eigenvalue weighted by molar-refractivity contribution is -0.192. The summed E-state index contributed by atoms with van der Waals surface area (Å²) in [6.07, 6.45) is -2.33. The minimum atomic E-state index is -5.08. The Hall–Kier alpha value is -3.25. The molecule has 1 aromatic heterocycles. The molecule has 13 heteroatoms. The number of pyridine rings is 1. The van der Waals surface area contributed by atoms with Gasteiger partial charge in [-0.1, -0.05) is 0 Å². The van der Waals surface area contributed by atoms with Crippen molar-refractivity contribution in [1.29, 1.82) is 0 Å². The third-order valence-corrected chi connectivity index (χ3v) is 5.17. The molecule has 2 atom stereocenters. The maximum Gasteiger partial charge on any atom is 0.490 e. The molecule has 3 heterocycles. The molecule has 1 N–H and O–H groups in total. The highest BCUT2D eigenvalue weighted by Crippen LogP contribution is 2.32. The van der Waals surface area contributed by atoms with E-state index in [9.17, 15) is 31.9 Å². The van der Waals surface area contributed by atoms with Crippen molar-refractivity contribution in [2.24, 2.45) is 0 Å². The number of carboxylic acid groups (broad SMARTS) is 1. The molecule has 0 radical (unpaired) electrons. The molecule has 3 rings (SSSR count). The number of carboxylic acids is 1. The molecular formula is C19H22F4N4O5. The molecule has 3 amide bonds. The van der Waals surface area contributed by atoms with Crippen molar-refractivity contribution in [3.63, 3.8) is 0 Å². The summed E-state index contributed by atoms with van der Waals surface area (Å²) in [6, 6.07) is 2.30. The summed E-state index contributed by atoms with van der Waals surface area (Å²) in [5, 5.41) is 7.12. The fourth-order valence-electron chi connectivity index (χ4n) is 3.60. The first-order valence-electron chi connectivity index (χ1n) is 9.55. The van der Waals surface area contributed by atoms with E-state index in [4.69, 9.17) is 9.90 Å². The Bertz CT molecular complexity index is 893. The van der Waals surface area contributed by atoms with Crippen molar-refractivity contribution in [3.8, 4) is 0 Å². The van der Waals surface area contributed by atoms with Crippen LogP contribution >= 0.6 is 0 Å². The molecule has 2 aliphatic heterocycles. The molecule has 2 fully saturated rings. The first-order chi connectivity index (χ1) is 14.8. The second kappa shape index (κ2) is 9.92. The summed E-state index contributed by atoms with van der Waals surface area (Å²) in [4.78, 5) is 54.1. The van der Waals surface area contributed by atoms with E-state index < -0.39 is 18.1 Å². The number of likely N-dealkylation sites (tertiary alicyclic amines) is 2. The number of fused-ring (bicyclic) bond motifs is 1. The van der Waals surface area contributed by atoms with Gasteiger partial charge >= 0.3 is 12.1 Å². The number of aromatic nitrogens is 1. The van der Waals surface area contributed by atoms with Crippen LogP contribution in [0.2, 0.25) is 0 Å². The van der Waals surface area contributed by atoms with Crippen LogP contribution < -0.4 is 0 Å². The van der Waals surface area contributed by atoms with Gasteiger partial charge in [0, 0.05) is 44.9 Å². The highest BCUT2D eigenvalue weighted by Gasteiger charge is 2.45. The van der Waals surface area contributed by atoms with E-state index in [1.165, 1.54) is 17.2 Å². The summed E-state index contributed by atoms with van der Waals surface area (Å²) in [5.41, 5.74) is 0.251. The van der Waals surface area contributed by atoms with E-state index in [1.54, 1.807) is 23.9 Å². The quantitative estimate of drug-likeness (QED) is 0.533. The number of alkyl halides is 3. The standard InChI is InChI=1S/C17H21FN4O3.C2HF3O2/c1-20(2)16(24)10-22-13-6-8-21(12(13)3-4-15(22)23)17(25)11-5-7-19-14(18)9-11;3-2(4,5)1(6)7/h5,7,9,12-13H,3-4,6,8,10H2,1-2H3;(H,6,7)/t12-,13-;/m1./s1. The number of aliphatic carboxylic acids is 1. The maximum atomic E-state index is 13.3. The van der Waals surface area contributed by atoms with Gasteiger partial charge in [0.05, 0.1) is 12.1 Å². The number of hydrogen-bond acceptors (Lipinski definition) is 5. The van der Waals surface area contributed by atoms with Crippen LogP contribution in [0.3, 0.4) is 0 Å². The number of carbonyl (C=O) groups excluding carboxylic acids is 3. The lowest BCUT2D eigenvalue weighted by atomic mass is 9.96. The van der Waals surface area contributed by atoms with Crippen molar-refractivity contribution in [3.05, 3.63) is 29.8 Å². The first-order valence-corrected chi connectivity index (χ1v) is 9.55. The van der Waals surface area contributed by atoms with Crippen LogP contribution in [-0.4, -0.2) is 93.9 Å². The Morgan fingerprint density at radius 3 is 2.38 bits per heavy atom. The summed E-state index contributed by atoms with van der Waals surface area (Å²) in [6.45, 7) is 0.511. The zero-order valence-electron chi connectivity index (χ0n) is 17.3. The SMILES string of the molecule is CN(C)C(=O)CN1C(=O)CC[C@@H]2[C@H]1CCN2C(=O)c1ccnc(F)c1.O=C(O)C(F)(F)F. The van der Waals surface area contributed by atoms with E-state index in [0.717, 1.165) is 6.07 Å². The van der Waals surface area contributed by atoms with Crippen molar-refractivity contribution in [2.75, 3.05) is 27.2 Å². The van der Waals surface area contributed by atoms with E-state index in [1.807, 2.05) is 0 Å². The van der Waals surface area contributed by atoms with Crippen LogP contribution in [0.5, 0.6) is 0 Å². The van der Waals surface area contributed by atoms with Gasteiger partial charge in [-0.25, -0.2) is 9.78 Å². The third kappa shape index (κ3) is 5.92. The summed E-state index contributed by atoms with van der Waals surface area (Å²) in [5.74, 6) is -3.91. The van der Waals surface area contributed by atoms with E-state index in [-0.39, 0.29) is 41.9 Å². The Balaban J connectivity index is 0.000000451. The number of rotatable bonds is 3. The Labute approximate surface area is 180 Å². The second-order valence-electron chi connectivity index (χ2n) is 7.44. The molecule has 1 aromatic rings. The minimum absolute atomic E-state index is 0.0267. The number of hydrogen-bond donors (Lipinski definition) is 1. The lowest BCUT2D eigenvalue weighted by Gasteiger charge is -2.39. The topological polar surface area (TPSA) is 111 Å². The second-order valence-corrected chi connectivity index (χ2v) is 7.44. The van der Waals surface area contributed by atoms with Gasteiger partial charge in [-0.3, -0.25) is 14.4 Å². The number of halogens is 4. The predicted molar refractivity (Wildman–Crippen MR) is 101 cm³/mol. The van der Waals surface area contributed by atoms with E-state index >= 15 is 0 Å². The number of nitrogens with zero attached hydrogens (tertiary/aromatic N) is 4. The van der Waals surface area contributed by atoms with Crippen LogP contribution in [-0.2, 0) is 14.4 Å². The Morgan fingerprint density at radius 1 is 1.22 bits per heavy atom. The fraction of sp³-hybridized carbons (Fsp3) is 0.526. The maximum absolute atomic E-state index is 13.3. The van der Waals surface area contributed by atoms with Crippen LogP contribution in [0.4, 0.5) is 17.6 Å². The molecule has 2 aliphatic rings. The van der Waals surface area contributed by atoms with Crippen LogP contribution in [0, 0.1) is 5.95 Å². The lowest BCUT2D eigenvalue weighted by Crippen LogP contribution is -2.55. The smallest absolute Gasteiger partial charge is 0.475 e. The van der Waals surface area contributed by atoms with Crippen molar-refractivity contribution in [1.82, 2.24) is 19.7 Å². The molecule has 32 heavy (non-hydrogen) atoms. The molecule has 0 spiro atoms. The Kier molecular flexibility index (Phi) is 7.75. The molecule has 0 saturated carbocycles. The average molecular weight is 462 g/mol. The van der Waals surface area contributed by atoms with Gasteiger partial charge in [-0.2, -0.15) is 17.6 Å². The largest absolute Gasteiger partial charge is 0.490 e. The van der Waals surface area contributed by atoms with Crippen molar-refractivity contribution < 1.29 is 41.8 Å². The zero-order valence-corrected chi connectivity index (χ0v) is 17.3. The van der Waals surface area contributed by atoms with Crippen LogP contribution in [0.15, 0.2) is 18.3 Å². The van der Waals surface area contributed by atoms with E-state index in [0.29, 0.717) is 25.8 Å². The van der Waals surface area contributed by atoms with Gasteiger partial charge in [0.15, 0.2) is 0 Å². The molecular weight excluding hydrogens is 440 g/mol. The summed E-state index contributed by atoms with van der Waals surface area (Å²) >= 11 is 0. The molecule has 0 aromatic carbocycles. The number of amides is 3. The van der Waals surface area contributed by atoms with Crippen LogP contribution in [0.1, 0.15) is 29.6 Å². The summed E-state index contributed by atoms with van der Waals surface area (Å²) in [7, 11) is 3.30. The first kappa shape index (κ1) is 25.0. The molecule has 0 aliphatic carbocycles. The highest BCUT2D eigenvalue weighted by atomic mass is 19.4. The van der Waals surface area contributed by atoms with Crippen molar-refractivity contribution >= 4 is 23.7 Å². The number of likely N-dealkylation sites (N-methyl/N-ethyl adjacent to an activating group) is 1. The predicted octanol–water partition coefficient (Wildman–Crippen LogP) is 1.15. The number of carbonyl (C=O) groups is 4. The normalized spacial score (nSPS) is 20.2. The summed E-state index contributed by atoms with van der Waals surface area (Å²) < 4.78 is 45.0. The van der Waals surface area contributed by atoms with Gasteiger partial charge in [-0.05, 0) is 18.9 Å². The van der Waals surface area contributed by atoms with Crippen molar-refractivity contribution in [2.45, 2.75) is 37.5 Å². The molecule has 176 valence electrons. The highest BCUT2D eigenvalue weighted by molar-refractivity contribution is 5.95. The molecule has 9 nitrogen and oxygen atoms in total. The zero-order chi connectivity index (χ0) is 24.2. The van der Waals surface area contributed by atoms with Gasteiger partial charge in [-0.15, -0.1) is 0 Å². The molecule has 0 bridgehead atoms. The van der Waals surface area contributed by atoms with Gasteiger partial charge in [0.2, 0.25) is 17.8 Å².